The molecule has 20 heavy (non-hydrogen) atoms. The lowest BCUT2D eigenvalue weighted by Gasteiger charge is -2.25. The molecule has 9 heteroatoms. The highest BCUT2D eigenvalue weighted by molar-refractivity contribution is 7.89. The number of H-pyrrole nitrogens is 1. The zero-order chi connectivity index (χ0) is 14.8. The quantitative estimate of drug-likeness (QED) is 0.780. The van der Waals surface area contributed by atoms with E-state index in [2.05, 4.69) is 10.2 Å². The van der Waals surface area contributed by atoms with Crippen LogP contribution < -0.4 is 0 Å². The van der Waals surface area contributed by atoms with Gasteiger partial charge in [-0.15, -0.1) is 0 Å². The molecule has 2 rings (SSSR count). The van der Waals surface area contributed by atoms with Gasteiger partial charge in [0.1, 0.15) is 5.56 Å². The van der Waals surface area contributed by atoms with Gasteiger partial charge in [-0.3, -0.25) is 5.10 Å². The Morgan fingerprint density at radius 3 is 2.70 bits per heavy atom. The second-order valence-electron chi connectivity index (χ2n) is 4.27. The van der Waals surface area contributed by atoms with E-state index in [0.29, 0.717) is 18.9 Å². The lowest BCUT2D eigenvalue weighted by molar-refractivity contribution is 0.0520. The maximum atomic E-state index is 12.5. The summed E-state index contributed by atoms with van der Waals surface area (Å²) in [4.78, 5) is 11.9. The fourth-order valence-corrected chi connectivity index (χ4v) is 3.48. The van der Waals surface area contributed by atoms with Crippen LogP contribution in [0, 0.1) is 6.92 Å². The molecule has 1 aliphatic heterocycles. The highest BCUT2D eigenvalue weighted by Crippen LogP contribution is 2.22. The maximum absolute atomic E-state index is 12.5. The predicted molar refractivity (Wildman–Crippen MR) is 68.9 cm³/mol. The first-order chi connectivity index (χ1) is 9.48. The molecule has 0 amide bonds. The summed E-state index contributed by atoms with van der Waals surface area (Å²) in [6.07, 6.45) is 0. The van der Waals surface area contributed by atoms with Crippen LogP contribution in [0.25, 0.3) is 0 Å². The van der Waals surface area contributed by atoms with E-state index in [1.54, 1.807) is 13.8 Å². The van der Waals surface area contributed by atoms with Crippen molar-refractivity contribution in [2.24, 2.45) is 0 Å². The van der Waals surface area contributed by atoms with E-state index in [-0.39, 0.29) is 30.3 Å². The van der Waals surface area contributed by atoms with Crippen LogP contribution >= 0.6 is 0 Å². The Hall–Kier alpha value is -1.45. The average Bonchev–Trinajstić information content (AvgIpc) is 2.82. The molecular formula is C11H17N3O5S. The summed E-state index contributed by atoms with van der Waals surface area (Å²) < 4.78 is 36.3. The molecule has 0 spiro atoms. The van der Waals surface area contributed by atoms with Crippen molar-refractivity contribution in [2.75, 3.05) is 32.9 Å². The molecule has 0 aliphatic carbocycles. The van der Waals surface area contributed by atoms with Gasteiger partial charge in [0.05, 0.1) is 19.8 Å². The van der Waals surface area contributed by atoms with Crippen molar-refractivity contribution in [3.63, 3.8) is 0 Å². The Kier molecular flexibility index (Phi) is 4.41. The molecule has 0 atom stereocenters. The molecule has 112 valence electrons. The van der Waals surface area contributed by atoms with Gasteiger partial charge in [-0.2, -0.15) is 9.40 Å². The number of rotatable bonds is 4. The fraction of sp³-hybridized carbons (Fsp3) is 0.636. The number of aromatic nitrogens is 2. The largest absolute Gasteiger partial charge is 0.462 e. The summed E-state index contributed by atoms with van der Waals surface area (Å²) in [6, 6.07) is 0. The number of aryl methyl sites for hydroxylation is 1. The summed E-state index contributed by atoms with van der Waals surface area (Å²) in [5.74, 6) is -0.689. The number of hydrogen-bond acceptors (Lipinski definition) is 6. The predicted octanol–water partition coefficient (Wildman–Crippen LogP) is -0.0843. The van der Waals surface area contributed by atoms with E-state index in [1.807, 2.05) is 0 Å². The van der Waals surface area contributed by atoms with Gasteiger partial charge in [0.15, 0.2) is 0 Å². The molecule has 2 heterocycles. The highest BCUT2D eigenvalue weighted by Gasteiger charge is 2.34. The van der Waals surface area contributed by atoms with Gasteiger partial charge in [0, 0.05) is 18.8 Å². The number of morpholine rings is 1. The molecule has 0 bridgehead atoms. The van der Waals surface area contributed by atoms with Gasteiger partial charge >= 0.3 is 5.97 Å². The number of esters is 1. The zero-order valence-corrected chi connectivity index (χ0v) is 12.2. The van der Waals surface area contributed by atoms with Crippen LogP contribution in [-0.2, 0) is 19.5 Å². The number of carbonyl (C=O) groups is 1. The highest BCUT2D eigenvalue weighted by atomic mass is 32.2. The number of sulfonamides is 1. The number of nitrogens with zero attached hydrogens (tertiary/aromatic N) is 2. The molecule has 1 N–H and O–H groups in total. The standard InChI is InChI=1S/C11H17N3O5S/c1-3-19-11(15)9-8(2)12-13-10(9)20(16,17)14-4-6-18-7-5-14/h3-7H2,1-2H3,(H,12,13). The van der Waals surface area contributed by atoms with Crippen molar-refractivity contribution in [2.45, 2.75) is 18.9 Å². The summed E-state index contributed by atoms with van der Waals surface area (Å²) in [6.45, 7) is 4.56. The van der Waals surface area contributed by atoms with E-state index in [9.17, 15) is 13.2 Å². The van der Waals surface area contributed by atoms with Crippen molar-refractivity contribution in [3.8, 4) is 0 Å². The van der Waals surface area contributed by atoms with E-state index in [0.717, 1.165) is 0 Å². The summed E-state index contributed by atoms with van der Waals surface area (Å²) in [7, 11) is -3.83. The van der Waals surface area contributed by atoms with E-state index in [4.69, 9.17) is 9.47 Å². The minimum absolute atomic E-state index is 0.0293. The Morgan fingerprint density at radius 1 is 1.45 bits per heavy atom. The molecular weight excluding hydrogens is 286 g/mol. The van der Waals surface area contributed by atoms with Crippen LogP contribution in [0.2, 0.25) is 0 Å². The summed E-state index contributed by atoms with van der Waals surface area (Å²) >= 11 is 0. The third-order valence-electron chi connectivity index (χ3n) is 2.95. The molecule has 0 aromatic carbocycles. The minimum Gasteiger partial charge on any atom is -0.462 e. The molecule has 1 fully saturated rings. The van der Waals surface area contributed by atoms with E-state index >= 15 is 0 Å². The number of nitrogens with one attached hydrogen (secondary N) is 1. The number of hydrogen-bond donors (Lipinski definition) is 1. The van der Waals surface area contributed by atoms with Crippen molar-refractivity contribution in [3.05, 3.63) is 11.3 Å². The molecule has 0 unspecified atom stereocenters. The molecule has 1 aromatic rings. The van der Waals surface area contributed by atoms with Gasteiger partial charge in [0.2, 0.25) is 5.03 Å². The second-order valence-corrected chi connectivity index (χ2v) is 6.12. The van der Waals surface area contributed by atoms with Gasteiger partial charge in [-0.25, -0.2) is 13.2 Å². The van der Waals surface area contributed by atoms with Crippen molar-refractivity contribution in [1.82, 2.24) is 14.5 Å². The van der Waals surface area contributed by atoms with E-state index in [1.165, 1.54) is 4.31 Å². The molecule has 1 aromatic heterocycles. The first kappa shape index (κ1) is 14.9. The van der Waals surface area contributed by atoms with Gasteiger partial charge < -0.3 is 9.47 Å². The van der Waals surface area contributed by atoms with Gasteiger partial charge in [-0.1, -0.05) is 0 Å². The second kappa shape index (κ2) is 5.90. The lowest BCUT2D eigenvalue weighted by atomic mass is 10.3. The van der Waals surface area contributed by atoms with Crippen LogP contribution in [-0.4, -0.2) is 61.8 Å². The monoisotopic (exact) mass is 303 g/mol. The first-order valence-corrected chi connectivity index (χ1v) is 7.72. The Labute approximate surface area is 117 Å². The smallest absolute Gasteiger partial charge is 0.343 e. The molecule has 1 saturated heterocycles. The van der Waals surface area contributed by atoms with Crippen molar-refractivity contribution in [1.29, 1.82) is 0 Å². The van der Waals surface area contributed by atoms with Crippen molar-refractivity contribution < 1.29 is 22.7 Å². The SMILES string of the molecule is CCOC(=O)c1c(S(=O)(=O)N2CCOCC2)n[nH]c1C. The number of carbonyl (C=O) groups excluding carboxylic acids is 1. The average molecular weight is 303 g/mol. The van der Waals surface area contributed by atoms with Crippen LogP contribution in [0.3, 0.4) is 0 Å². The molecule has 0 saturated carbocycles. The number of ether oxygens (including phenoxy) is 2. The van der Waals surface area contributed by atoms with Crippen LogP contribution in [0.15, 0.2) is 5.03 Å². The van der Waals surface area contributed by atoms with Crippen molar-refractivity contribution >= 4 is 16.0 Å². The van der Waals surface area contributed by atoms with Gasteiger partial charge in [0.25, 0.3) is 10.0 Å². The summed E-state index contributed by atoms with van der Waals surface area (Å²) in [5, 5.41) is 6.02. The van der Waals surface area contributed by atoms with E-state index < -0.39 is 16.0 Å². The maximum Gasteiger partial charge on any atom is 0.343 e. The third-order valence-corrected chi connectivity index (χ3v) is 4.78. The number of aromatic amines is 1. The third kappa shape index (κ3) is 2.69. The Bertz CT molecular complexity index is 589. The summed E-state index contributed by atoms with van der Waals surface area (Å²) in [5.41, 5.74) is 0.341. The molecule has 0 radical (unpaired) electrons. The van der Waals surface area contributed by atoms with Crippen LogP contribution in [0.5, 0.6) is 0 Å². The Balaban J connectivity index is 2.39. The minimum atomic E-state index is -3.83. The van der Waals surface area contributed by atoms with Crippen LogP contribution in [0.1, 0.15) is 23.0 Å². The zero-order valence-electron chi connectivity index (χ0n) is 11.4. The molecule has 1 aliphatic rings. The normalized spacial score (nSPS) is 17.1. The topological polar surface area (TPSA) is 102 Å². The first-order valence-electron chi connectivity index (χ1n) is 6.28. The van der Waals surface area contributed by atoms with Crippen LogP contribution in [0.4, 0.5) is 0 Å². The lowest BCUT2D eigenvalue weighted by Crippen LogP contribution is -2.41. The Morgan fingerprint density at radius 2 is 2.10 bits per heavy atom. The van der Waals surface area contributed by atoms with Gasteiger partial charge in [-0.05, 0) is 13.8 Å². The molecule has 8 nitrogen and oxygen atoms in total. The fourth-order valence-electron chi connectivity index (χ4n) is 1.95.